The van der Waals surface area contributed by atoms with Gasteiger partial charge in [-0.25, -0.2) is 0 Å². The van der Waals surface area contributed by atoms with Crippen molar-refractivity contribution in [2.24, 2.45) is 11.8 Å². The Balaban J connectivity index is 2.41. The largest absolute Gasteiger partial charge is 0.396 e. The van der Waals surface area contributed by atoms with Crippen LogP contribution in [0.25, 0.3) is 0 Å². The molecule has 0 saturated carbocycles. The van der Waals surface area contributed by atoms with E-state index in [0.29, 0.717) is 24.7 Å². The molecule has 1 rings (SSSR count). The van der Waals surface area contributed by atoms with E-state index in [9.17, 15) is 0 Å². The molecule has 0 radical (unpaired) electrons. The molecule has 1 saturated heterocycles. The Kier molecular flexibility index (Phi) is 7.14. The Morgan fingerprint density at radius 2 is 1.88 bits per heavy atom. The monoisotopic (exact) mass is 242 g/mol. The second kappa shape index (κ2) is 8.10. The van der Waals surface area contributed by atoms with Crippen molar-refractivity contribution in [1.82, 2.24) is 0 Å². The Hall–Kier alpha value is -0.0800. The van der Waals surface area contributed by atoms with Gasteiger partial charge in [-0.05, 0) is 43.9 Å². The average Bonchev–Trinajstić information content (AvgIpc) is 2.34. The molecule has 1 aliphatic rings. The number of ether oxygens (including phenoxy) is 1. The van der Waals surface area contributed by atoms with Crippen LogP contribution < -0.4 is 0 Å². The summed E-state index contributed by atoms with van der Waals surface area (Å²) in [5.41, 5.74) is 0. The fourth-order valence-electron chi connectivity index (χ4n) is 3.06. The van der Waals surface area contributed by atoms with E-state index in [2.05, 4.69) is 20.8 Å². The first kappa shape index (κ1) is 15.0. The maximum atomic E-state index is 8.81. The molecular formula is C15H30O2. The third-order valence-electron chi connectivity index (χ3n) is 4.30. The molecule has 0 unspecified atom stereocenters. The van der Waals surface area contributed by atoms with E-state index in [1.165, 1.54) is 25.7 Å². The first-order valence-electron chi connectivity index (χ1n) is 7.49. The quantitative estimate of drug-likeness (QED) is 0.689. The Labute approximate surface area is 107 Å². The van der Waals surface area contributed by atoms with Crippen LogP contribution in [0, 0.1) is 11.8 Å². The summed E-state index contributed by atoms with van der Waals surface area (Å²) in [5.74, 6) is 1.44. The molecule has 0 aliphatic carbocycles. The van der Waals surface area contributed by atoms with Gasteiger partial charge in [0.1, 0.15) is 0 Å². The number of unbranched alkanes of at least 4 members (excludes halogenated alkanes) is 1. The molecule has 0 amide bonds. The van der Waals surface area contributed by atoms with Crippen LogP contribution in [-0.2, 0) is 4.74 Å². The standard InChI is InChI=1S/C15H30O2/c1-4-13(5-2)15-12(3)9-10-14(17-15)8-6-7-11-16/h12-16H,4-11H2,1-3H3/t12-,14+,15+/m1/s1. The van der Waals surface area contributed by atoms with E-state index >= 15 is 0 Å². The number of aliphatic hydroxyl groups excluding tert-OH is 1. The molecular weight excluding hydrogens is 212 g/mol. The second-order valence-electron chi connectivity index (χ2n) is 5.57. The Bertz CT molecular complexity index is 189. The Morgan fingerprint density at radius 3 is 2.47 bits per heavy atom. The van der Waals surface area contributed by atoms with Crippen molar-refractivity contribution in [2.45, 2.75) is 77.9 Å². The van der Waals surface area contributed by atoms with Crippen molar-refractivity contribution in [2.75, 3.05) is 6.61 Å². The van der Waals surface area contributed by atoms with Crippen LogP contribution in [0.3, 0.4) is 0 Å². The zero-order chi connectivity index (χ0) is 12.7. The van der Waals surface area contributed by atoms with Crippen LogP contribution >= 0.6 is 0 Å². The van der Waals surface area contributed by atoms with Gasteiger partial charge < -0.3 is 9.84 Å². The SMILES string of the molecule is CCC(CC)[C@H]1O[C@@H](CCCCO)CC[C@H]1C. The zero-order valence-corrected chi connectivity index (χ0v) is 11.8. The zero-order valence-electron chi connectivity index (χ0n) is 11.8. The van der Waals surface area contributed by atoms with Crippen molar-refractivity contribution in [3.63, 3.8) is 0 Å². The molecule has 2 nitrogen and oxygen atoms in total. The van der Waals surface area contributed by atoms with E-state index in [1.807, 2.05) is 0 Å². The summed E-state index contributed by atoms with van der Waals surface area (Å²) in [7, 11) is 0. The van der Waals surface area contributed by atoms with Gasteiger partial charge in [-0.3, -0.25) is 0 Å². The summed E-state index contributed by atoms with van der Waals surface area (Å²) < 4.78 is 6.31. The number of hydrogen-bond acceptors (Lipinski definition) is 2. The predicted molar refractivity (Wildman–Crippen MR) is 72.1 cm³/mol. The molecule has 0 aromatic rings. The number of hydrogen-bond donors (Lipinski definition) is 1. The van der Waals surface area contributed by atoms with E-state index in [0.717, 1.165) is 25.2 Å². The minimum absolute atomic E-state index is 0.319. The van der Waals surface area contributed by atoms with E-state index in [1.54, 1.807) is 0 Å². The second-order valence-corrected chi connectivity index (χ2v) is 5.57. The van der Waals surface area contributed by atoms with Crippen molar-refractivity contribution >= 4 is 0 Å². The van der Waals surface area contributed by atoms with E-state index < -0.39 is 0 Å². The third kappa shape index (κ3) is 4.59. The van der Waals surface area contributed by atoms with E-state index in [-0.39, 0.29) is 0 Å². The first-order chi connectivity index (χ1) is 8.22. The molecule has 102 valence electrons. The summed E-state index contributed by atoms with van der Waals surface area (Å²) in [5, 5.41) is 8.81. The highest BCUT2D eigenvalue weighted by atomic mass is 16.5. The lowest BCUT2D eigenvalue weighted by molar-refractivity contribution is -0.110. The van der Waals surface area contributed by atoms with Gasteiger partial charge in [-0.1, -0.05) is 33.6 Å². The molecule has 1 heterocycles. The summed E-state index contributed by atoms with van der Waals surface area (Å²) in [6.45, 7) is 7.21. The van der Waals surface area contributed by atoms with Gasteiger partial charge in [0.15, 0.2) is 0 Å². The molecule has 17 heavy (non-hydrogen) atoms. The minimum atomic E-state index is 0.319. The normalized spacial score (nSPS) is 29.8. The third-order valence-corrected chi connectivity index (χ3v) is 4.30. The van der Waals surface area contributed by atoms with Crippen molar-refractivity contribution in [3.8, 4) is 0 Å². The lowest BCUT2D eigenvalue weighted by atomic mass is 9.82. The summed E-state index contributed by atoms with van der Waals surface area (Å²) in [6.07, 6.45) is 9.05. The van der Waals surface area contributed by atoms with Gasteiger partial charge in [-0.2, -0.15) is 0 Å². The van der Waals surface area contributed by atoms with Gasteiger partial charge in [0.25, 0.3) is 0 Å². The van der Waals surface area contributed by atoms with Crippen LogP contribution in [0.15, 0.2) is 0 Å². The molecule has 1 aliphatic heterocycles. The predicted octanol–water partition coefficient (Wildman–Crippen LogP) is 3.77. The molecule has 3 atom stereocenters. The maximum absolute atomic E-state index is 8.81. The number of rotatable bonds is 7. The van der Waals surface area contributed by atoms with Crippen LogP contribution in [0.5, 0.6) is 0 Å². The van der Waals surface area contributed by atoms with Crippen molar-refractivity contribution < 1.29 is 9.84 Å². The highest BCUT2D eigenvalue weighted by Crippen LogP contribution is 2.33. The molecule has 0 aromatic heterocycles. The van der Waals surface area contributed by atoms with E-state index in [4.69, 9.17) is 9.84 Å². The van der Waals surface area contributed by atoms with Gasteiger partial charge in [0, 0.05) is 6.61 Å². The topological polar surface area (TPSA) is 29.5 Å². The average molecular weight is 242 g/mol. The van der Waals surface area contributed by atoms with Crippen LogP contribution in [0.2, 0.25) is 0 Å². The van der Waals surface area contributed by atoms with Crippen molar-refractivity contribution in [3.05, 3.63) is 0 Å². The molecule has 1 N–H and O–H groups in total. The maximum Gasteiger partial charge on any atom is 0.0632 e. The number of aliphatic hydroxyl groups is 1. The summed E-state index contributed by atoms with van der Waals surface area (Å²) in [6, 6.07) is 0. The smallest absolute Gasteiger partial charge is 0.0632 e. The van der Waals surface area contributed by atoms with Crippen molar-refractivity contribution in [1.29, 1.82) is 0 Å². The lowest BCUT2D eigenvalue weighted by Gasteiger charge is -2.39. The molecule has 1 fully saturated rings. The molecule has 0 aromatic carbocycles. The fourth-order valence-corrected chi connectivity index (χ4v) is 3.06. The molecule has 0 spiro atoms. The minimum Gasteiger partial charge on any atom is -0.396 e. The van der Waals surface area contributed by atoms with Gasteiger partial charge >= 0.3 is 0 Å². The highest BCUT2D eigenvalue weighted by molar-refractivity contribution is 4.81. The van der Waals surface area contributed by atoms with Crippen LogP contribution in [0.4, 0.5) is 0 Å². The van der Waals surface area contributed by atoms with Crippen LogP contribution in [0.1, 0.15) is 65.7 Å². The van der Waals surface area contributed by atoms with Gasteiger partial charge in [0.2, 0.25) is 0 Å². The first-order valence-corrected chi connectivity index (χ1v) is 7.49. The Morgan fingerprint density at radius 1 is 1.18 bits per heavy atom. The lowest BCUT2D eigenvalue weighted by Crippen LogP contribution is -2.38. The molecule has 2 heteroatoms. The fraction of sp³-hybridized carbons (Fsp3) is 1.00. The summed E-state index contributed by atoms with van der Waals surface area (Å²) in [4.78, 5) is 0. The highest BCUT2D eigenvalue weighted by Gasteiger charge is 2.32. The van der Waals surface area contributed by atoms with Gasteiger partial charge in [-0.15, -0.1) is 0 Å². The van der Waals surface area contributed by atoms with Gasteiger partial charge in [0.05, 0.1) is 12.2 Å². The molecule has 0 bridgehead atoms. The van der Waals surface area contributed by atoms with Crippen LogP contribution in [-0.4, -0.2) is 23.9 Å². The summed E-state index contributed by atoms with van der Waals surface area (Å²) >= 11 is 0.